The van der Waals surface area contributed by atoms with Crippen LogP contribution in [0.4, 0.5) is 10.1 Å². The van der Waals surface area contributed by atoms with Crippen LogP contribution in [-0.4, -0.2) is 4.98 Å². The first-order chi connectivity index (χ1) is 7.79. The average molecular weight is 233 g/mol. The fourth-order valence-corrected chi connectivity index (χ4v) is 1.79. The van der Waals surface area contributed by atoms with Crippen molar-refractivity contribution in [1.29, 1.82) is 5.26 Å². The van der Waals surface area contributed by atoms with Crippen LogP contribution >= 0.6 is 11.3 Å². The molecule has 1 aromatic heterocycles. The topological polar surface area (TPSA) is 48.7 Å². The summed E-state index contributed by atoms with van der Waals surface area (Å²) in [5.74, 6) is -0.509. The van der Waals surface area contributed by atoms with Crippen molar-refractivity contribution in [2.75, 3.05) is 5.32 Å². The number of hydrogen-bond donors (Lipinski definition) is 1. The summed E-state index contributed by atoms with van der Waals surface area (Å²) in [5, 5.41) is 13.5. The molecule has 0 bridgehead atoms. The first-order valence-corrected chi connectivity index (χ1v) is 5.54. The zero-order valence-electron chi connectivity index (χ0n) is 8.27. The van der Waals surface area contributed by atoms with Crippen LogP contribution < -0.4 is 5.32 Å². The molecule has 0 radical (unpaired) electrons. The summed E-state index contributed by atoms with van der Waals surface area (Å²) in [6.45, 7) is 0.550. The zero-order valence-corrected chi connectivity index (χ0v) is 9.09. The summed E-state index contributed by atoms with van der Waals surface area (Å²) >= 11 is 1.52. The van der Waals surface area contributed by atoms with Crippen LogP contribution in [0.5, 0.6) is 0 Å². The molecular formula is C11H8FN3S. The molecule has 0 aliphatic rings. The van der Waals surface area contributed by atoms with Crippen molar-refractivity contribution in [3.8, 4) is 6.07 Å². The second-order valence-corrected chi connectivity index (χ2v) is 3.86. The monoisotopic (exact) mass is 233 g/mol. The van der Waals surface area contributed by atoms with Crippen molar-refractivity contribution in [2.45, 2.75) is 6.54 Å². The molecule has 0 amide bonds. The number of nitriles is 1. The molecule has 5 heteroatoms. The lowest BCUT2D eigenvalue weighted by Crippen LogP contribution is -2.00. The maximum absolute atomic E-state index is 13.2. The molecule has 0 saturated heterocycles. The van der Waals surface area contributed by atoms with Gasteiger partial charge in [-0.1, -0.05) is 0 Å². The molecule has 0 fully saturated rings. The van der Waals surface area contributed by atoms with Gasteiger partial charge in [-0.3, -0.25) is 0 Å². The van der Waals surface area contributed by atoms with E-state index in [1.165, 1.54) is 23.5 Å². The van der Waals surface area contributed by atoms with E-state index in [9.17, 15) is 4.39 Å². The van der Waals surface area contributed by atoms with E-state index in [1.54, 1.807) is 17.6 Å². The number of nitrogens with zero attached hydrogens (tertiary/aromatic N) is 2. The van der Waals surface area contributed by atoms with Crippen LogP contribution in [0.2, 0.25) is 0 Å². The smallest absolute Gasteiger partial charge is 0.143 e. The van der Waals surface area contributed by atoms with Crippen LogP contribution in [0, 0.1) is 17.1 Å². The van der Waals surface area contributed by atoms with E-state index in [0.29, 0.717) is 12.2 Å². The molecule has 1 N–H and O–H groups in total. The molecule has 0 saturated carbocycles. The van der Waals surface area contributed by atoms with Gasteiger partial charge in [0.1, 0.15) is 11.9 Å². The van der Waals surface area contributed by atoms with E-state index < -0.39 is 5.82 Å². The molecule has 0 aliphatic carbocycles. The number of nitrogens with one attached hydrogen (secondary N) is 1. The Morgan fingerprint density at radius 2 is 2.38 bits per heavy atom. The van der Waals surface area contributed by atoms with Crippen LogP contribution in [0.25, 0.3) is 0 Å². The van der Waals surface area contributed by atoms with Gasteiger partial charge < -0.3 is 5.32 Å². The third-order valence-electron chi connectivity index (χ3n) is 2.05. The Kier molecular flexibility index (Phi) is 3.13. The van der Waals surface area contributed by atoms with E-state index >= 15 is 0 Å². The van der Waals surface area contributed by atoms with Gasteiger partial charge in [-0.05, 0) is 18.2 Å². The van der Waals surface area contributed by atoms with Gasteiger partial charge in [-0.15, -0.1) is 11.3 Å². The van der Waals surface area contributed by atoms with Crippen LogP contribution in [0.15, 0.2) is 29.1 Å². The normalized spacial score (nSPS) is 9.75. The number of halogens is 1. The number of rotatable bonds is 3. The van der Waals surface area contributed by atoms with Gasteiger partial charge in [-0.25, -0.2) is 9.37 Å². The Bertz CT molecular complexity index is 517. The van der Waals surface area contributed by atoms with Crippen molar-refractivity contribution in [2.24, 2.45) is 0 Å². The van der Waals surface area contributed by atoms with Crippen LogP contribution in [0.3, 0.4) is 0 Å². The van der Waals surface area contributed by atoms with Gasteiger partial charge in [0.2, 0.25) is 0 Å². The summed E-state index contributed by atoms with van der Waals surface area (Å²) < 4.78 is 13.2. The number of benzene rings is 1. The van der Waals surface area contributed by atoms with Gasteiger partial charge in [0.05, 0.1) is 23.3 Å². The largest absolute Gasteiger partial charge is 0.379 e. The Morgan fingerprint density at radius 3 is 3.00 bits per heavy atom. The molecule has 1 heterocycles. The molecule has 0 aliphatic heterocycles. The van der Waals surface area contributed by atoms with E-state index in [0.717, 1.165) is 5.69 Å². The lowest BCUT2D eigenvalue weighted by molar-refractivity contribution is 0.624. The van der Waals surface area contributed by atoms with Crippen molar-refractivity contribution in [3.05, 3.63) is 46.2 Å². The lowest BCUT2D eigenvalue weighted by atomic mass is 10.2. The van der Waals surface area contributed by atoms with Crippen molar-refractivity contribution >= 4 is 17.0 Å². The third-order valence-corrected chi connectivity index (χ3v) is 2.68. The van der Waals surface area contributed by atoms with Gasteiger partial charge in [0, 0.05) is 11.1 Å². The quantitative estimate of drug-likeness (QED) is 0.886. The maximum Gasteiger partial charge on any atom is 0.143 e. The number of hydrogen-bond acceptors (Lipinski definition) is 4. The maximum atomic E-state index is 13.2. The fraction of sp³-hybridized carbons (Fsp3) is 0.0909. The van der Waals surface area contributed by atoms with E-state index in [2.05, 4.69) is 10.3 Å². The lowest BCUT2D eigenvalue weighted by Gasteiger charge is -2.04. The van der Waals surface area contributed by atoms with E-state index in [1.807, 2.05) is 5.38 Å². The van der Waals surface area contributed by atoms with Gasteiger partial charge in [0.25, 0.3) is 0 Å². The average Bonchev–Trinajstić information content (AvgIpc) is 2.79. The minimum absolute atomic E-state index is 0.0548. The first-order valence-electron chi connectivity index (χ1n) is 4.60. The SMILES string of the molecule is N#Cc1ccc(NCc2cscn2)cc1F. The molecule has 16 heavy (non-hydrogen) atoms. The predicted octanol–water partition coefficient (Wildman–Crippen LogP) is 2.77. The summed E-state index contributed by atoms with van der Waals surface area (Å²) in [5.41, 5.74) is 3.36. The molecule has 3 nitrogen and oxygen atoms in total. The highest BCUT2D eigenvalue weighted by atomic mass is 32.1. The number of anilines is 1. The minimum Gasteiger partial charge on any atom is -0.379 e. The summed E-state index contributed by atoms with van der Waals surface area (Å²) in [4.78, 5) is 4.10. The number of thiazole rings is 1. The van der Waals surface area contributed by atoms with E-state index in [4.69, 9.17) is 5.26 Å². The molecular weight excluding hydrogens is 225 g/mol. The number of aromatic nitrogens is 1. The molecule has 0 atom stereocenters. The highest BCUT2D eigenvalue weighted by Gasteiger charge is 2.02. The Hall–Kier alpha value is -1.93. The van der Waals surface area contributed by atoms with Crippen LogP contribution in [0.1, 0.15) is 11.3 Å². The summed E-state index contributed by atoms with van der Waals surface area (Å²) in [6, 6.07) is 6.22. The zero-order chi connectivity index (χ0) is 11.4. The molecule has 0 unspecified atom stereocenters. The highest BCUT2D eigenvalue weighted by molar-refractivity contribution is 7.07. The summed E-state index contributed by atoms with van der Waals surface area (Å²) in [7, 11) is 0. The van der Waals surface area contributed by atoms with Gasteiger partial charge >= 0.3 is 0 Å². The Labute approximate surface area is 96.2 Å². The molecule has 80 valence electrons. The summed E-state index contributed by atoms with van der Waals surface area (Å²) in [6.07, 6.45) is 0. The van der Waals surface area contributed by atoms with Gasteiger partial charge in [0.15, 0.2) is 0 Å². The van der Waals surface area contributed by atoms with Crippen molar-refractivity contribution in [1.82, 2.24) is 4.98 Å². The molecule has 1 aromatic carbocycles. The Balaban J connectivity index is 2.06. The van der Waals surface area contributed by atoms with Gasteiger partial charge in [-0.2, -0.15) is 5.26 Å². The molecule has 2 aromatic rings. The second-order valence-electron chi connectivity index (χ2n) is 3.14. The molecule has 0 spiro atoms. The van der Waals surface area contributed by atoms with Crippen LogP contribution in [-0.2, 0) is 6.54 Å². The second kappa shape index (κ2) is 4.73. The minimum atomic E-state index is -0.509. The van der Waals surface area contributed by atoms with E-state index in [-0.39, 0.29) is 5.56 Å². The first kappa shape index (κ1) is 10.6. The predicted molar refractivity (Wildman–Crippen MR) is 60.6 cm³/mol. The van der Waals surface area contributed by atoms with Crippen molar-refractivity contribution in [3.63, 3.8) is 0 Å². The van der Waals surface area contributed by atoms with Crippen molar-refractivity contribution < 1.29 is 4.39 Å². The molecule has 2 rings (SSSR count). The fourth-order valence-electron chi connectivity index (χ4n) is 1.23. The third kappa shape index (κ3) is 2.35. The Morgan fingerprint density at radius 1 is 1.50 bits per heavy atom. The standard InChI is InChI=1S/C11H8FN3S/c12-11-3-9(2-1-8(11)4-13)14-5-10-6-16-7-15-10/h1-3,6-7,14H,5H2. The highest BCUT2D eigenvalue weighted by Crippen LogP contribution is 2.14.